The van der Waals surface area contributed by atoms with Crippen LogP contribution in [-0.2, 0) is 4.79 Å². The molecule has 21 heavy (non-hydrogen) atoms. The normalized spacial score (nSPS) is 17.9. The van der Waals surface area contributed by atoms with Gasteiger partial charge in [-0.05, 0) is 24.8 Å². The van der Waals surface area contributed by atoms with Gasteiger partial charge in [-0.3, -0.25) is 9.59 Å². The van der Waals surface area contributed by atoms with Crippen molar-refractivity contribution >= 4 is 17.3 Å². The highest BCUT2D eigenvalue weighted by atomic mass is 16.2. The van der Waals surface area contributed by atoms with Crippen molar-refractivity contribution in [3.63, 3.8) is 0 Å². The molecule has 0 saturated carbocycles. The third-order valence-electron chi connectivity index (χ3n) is 3.75. The van der Waals surface area contributed by atoms with Crippen LogP contribution in [0.5, 0.6) is 0 Å². The van der Waals surface area contributed by atoms with E-state index in [1.54, 1.807) is 21.8 Å². The van der Waals surface area contributed by atoms with Gasteiger partial charge in [-0.1, -0.05) is 12.6 Å². The average Bonchev–Trinajstić information content (AvgIpc) is 3.14. The molecular weight excluding hydrogens is 268 g/mol. The summed E-state index contributed by atoms with van der Waals surface area (Å²) in [6.45, 7) is 4.49. The van der Waals surface area contributed by atoms with E-state index in [1.807, 2.05) is 18.2 Å². The largest absolute Gasteiger partial charge is 0.338 e. The Morgan fingerprint density at radius 1 is 1.43 bits per heavy atom. The van der Waals surface area contributed by atoms with Crippen LogP contribution in [0.4, 0.5) is 0 Å². The Labute approximate surface area is 122 Å². The molecule has 0 aromatic carbocycles. The Morgan fingerprint density at radius 3 is 3.10 bits per heavy atom. The predicted octanol–water partition coefficient (Wildman–Crippen LogP) is 1.06. The number of likely N-dealkylation sites (tertiary alicyclic amines) is 1. The lowest BCUT2D eigenvalue weighted by atomic mass is 10.1. The zero-order chi connectivity index (χ0) is 14.8. The minimum Gasteiger partial charge on any atom is -0.338 e. The third kappa shape index (κ3) is 2.40. The smallest absolute Gasteiger partial charge is 0.257 e. The van der Waals surface area contributed by atoms with Crippen LogP contribution in [0.2, 0.25) is 0 Å². The fourth-order valence-electron chi connectivity index (χ4n) is 2.65. The number of carbonyl (C=O) groups is 2. The molecule has 108 valence electrons. The molecule has 0 spiro atoms. The Kier molecular flexibility index (Phi) is 3.43. The van der Waals surface area contributed by atoms with Crippen LogP contribution in [0.1, 0.15) is 16.8 Å². The quantitative estimate of drug-likeness (QED) is 0.916. The molecule has 1 aliphatic heterocycles. The summed E-state index contributed by atoms with van der Waals surface area (Å²) in [5.74, 6) is -0.334. The molecular formula is C15H16N4O2. The highest BCUT2D eigenvalue weighted by Gasteiger charge is 2.32. The summed E-state index contributed by atoms with van der Waals surface area (Å²) in [7, 11) is 0. The molecule has 0 aliphatic carbocycles. The minimum absolute atomic E-state index is 0.0786. The maximum Gasteiger partial charge on any atom is 0.257 e. The second-order valence-electron chi connectivity index (χ2n) is 5.04. The van der Waals surface area contributed by atoms with Gasteiger partial charge in [0.25, 0.3) is 5.91 Å². The number of nitrogens with zero attached hydrogens (tertiary/aromatic N) is 3. The van der Waals surface area contributed by atoms with Crippen LogP contribution in [0, 0.1) is 5.92 Å². The molecule has 6 nitrogen and oxygen atoms in total. The monoisotopic (exact) mass is 284 g/mol. The number of fused-ring (bicyclic) bond motifs is 1. The molecule has 1 aliphatic rings. The van der Waals surface area contributed by atoms with E-state index in [2.05, 4.69) is 17.0 Å². The summed E-state index contributed by atoms with van der Waals surface area (Å²) in [6.07, 6.45) is 5.42. The van der Waals surface area contributed by atoms with E-state index < -0.39 is 0 Å². The van der Waals surface area contributed by atoms with E-state index >= 15 is 0 Å². The lowest BCUT2D eigenvalue weighted by molar-refractivity contribution is -0.123. The summed E-state index contributed by atoms with van der Waals surface area (Å²) >= 11 is 0. The van der Waals surface area contributed by atoms with E-state index in [9.17, 15) is 9.59 Å². The number of carbonyl (C=O) groups excluding carboxylic acids is 2. The Morgan fingerprint density at radius 2 is 2.29 bits per heavy atom. The molecule has 6 heteroatoms. The number of hydrogen-bond donors (Lipinski definition) is 1. The number of pyridine rings is 1. The molecule has 2 aromatic rings. The molecule has 1 unspecified atom stereocenters. The van der Waals surface area contributed by atoms with E-state index in [-0.39, 0.29) is 17.7 Å². The Hall–Kier alpha value is -2.63. The fraction of sp³-hybridized carbons (Fsp3) is 0.267. The summed E-state index contributed by atoms with van der Waals surface area (Å²) < 4.78 is 1.67. The van der Waals surface area contributed by atoms with Crippen LogP contribution >= 0.6 is 0 Å². The van der Waals surface area contributed by atoms with Gasteiger partial charge >= 0.3 is 0 Å². The van der Waals surface area contributed by atoms with Gasteiger partial charge < -0.3 is 10.2 Å². The highest BCUT2D eigenvalue weighted by molar-refractivity contribution is 6.01. The van der Waals surface area contributed by atoms with Gasteiger partial charge in [0.15, 0.2) is 0 Å². The van der Waals surface area contributed by atoms with Crippen LogP contribution in [0.3, 0.4) is 0 Å². The van der Waals surface area contributed by atoms with Crippen LogP contribution in [-0.4, -0.2) is 39.4 Å². The van der Waals surface area contributed by atoms with Crippen LogP contribution in [0.15, 0.2) is 43.4 Å². The molecule has 1 saturated heterocycles. The van der Waals surface area contributed by atoms with Crippen molar-refractivity contribution in [3.8, 4) is 0 Å². The van der Waals surface area contributed by atoms with Gasteiger partial charge in [-0.15, -0.1) is 0 Å². The van der Waals surface area contributed by atoms with Crippen molar-refractivity contribution in [2.75, 3.05) is 13.1 Å². The predicted molar refractivity (Wildman–Crippen MR) is 77.5 cm³/mol. The van der Waals surface area contributed by atoms with E-state index in [1.165, 1.54) is 6.20 Å². The van der Waals surface area contributed by atoms with Gasteiger partial charge in [-0.2, -0.15) is 5.10 Å². The van der Waals surface area contributed by atoms with Crippen LogP contribution in [0.25, 0.3) is 5.52 Å². The van der Waals surface area contributed by atoms with Gasteiger partial charge in [0.05, 0.1) is 23.2 Å². The van der Waals surface area contributed by atoms with Crippen LogP contribution < -0.4 is 5.32 Å². The number of nitrogens with one attached hydrogen (secondary N) is 1. The first-order chi connectivity index (χ1) is 10.2. The zero-order valence-electron chi connectivity index (χ0n) is 11.5. The molecule has 1 atom stereocenters. The molecule has 0 radical (unpaired) electrons. The second kappa shape index (κ2) is 5.40. The van der Waals surface area contributed by atoms with Gasteiger partial charge in [-0.25, -0.2) is 4.52 Å². The van der Waals surface area contributed by atoms with Crippen molar-refractivity contribution in [2.45, 2.75) is 6.42 Å². The van der Waals surface area contributed by atoms with E-state index in [0.717, 1.165) is 5.52 Å². The zero-order valence-corrected chi connectivity index (χ0v) is 11.5. The van der Waals surface area contributed by atoms with Gasteiger partial charge in [0.2, 0.25) is 5.91 Å². The topological polar surface area (TPSA) is 66.7 Å². The molecule has 3 rings (SSSR count). The molecule has 3 heterocycles. The maximum atomic E-state index is 12.6. The molecule has 1 fully saturated rings. The van der Waals surface area contributed by atoms with Gasteiger partial charge in [0, 0.05) is 19.3 Å². The van der Waals surface area contributed by atoms with Crippen molar-refractivity contribution in [2.24, 2.45) is 5.92 Å². The van der Waals surface area contributed by atoms with E-state index in [0.29, 0.717) is 25.1 Å². The number of rotatable bonds is 3. The lowest BCUT2D eigenvalue weighted by Crippen LogP contribution is -2.32. The molecule has 2 amide bonds. The van der Waals surface area contributed by atoms with Crippen molar-refractivity contribution in [3.05, 3.63) is 48.9 Å². The first kappa shape index (κ1) is 13.4. The Bertz CT molecular complexity index is 707. The minimum atomic E-state index is -0.172. The summed E-state index contributed by atoms with van der Waals surface area (Å²) in [4.78, 5) is 26.1. The first-order valence-electron chi connectivity index (χ1n) is 6.83. The van der Waals surface area contributed by atoms with Crippen molar-refractivity contribution < 1.29 is 9.59 Å². The molecule has 2 aromatic heterocycles. The van der Waals surface area contributed by atoms with Crippen molar-refractivity contribution in [1.82, 2.24) is 19.8 Å². The molecule has 1 N–H and O–H groups in total. The fourth-order valence-corrected chi connectivity index (χ4v) is 2.65. The summed E-state index contributed by atoms with van der Waals surface area (Å²) in [5, 5.41) is 6.75. The average molecular weight is 284 g/mol. The van der Waals surface area contributed by atoms with E-state index in [4.69, 9.17) is 0 Å². The summed E-state index contributed by atoms with van der Waals surface area (Å²) in [6, 6.07) is 5.59. The SMILES string of the molecule is C=CNC(=O)C1CCN(C(=O)c2cnn3ccccc23)C1. The van der Waals surface area contributed by atoms with Crippen molar-refractivity contribution in [1.29, 1.82) is 0 Å². The molecule has 0 bridgehead atoms. The number of amides is 2. The maximum absolute atomic E-state index is 12.6. The lowest BCUT2D eigenvalue weighted by Gasteiger charge is -2.15. The standard InChI is InChI=1S/C15H16N4O2/c1-2-16-14(20)11-6-8-18(10-11)15(21)12-9-17-19-7-4-3-5-13(12)19/h2-5,7,9,11H,1,6,8,10H2,(H,16,20). The van der Waals surface area contributed by atoms with Gasteiger partial charge in [0.1, 0.15) is 0 Å². The first-order valence-corrected chi connectivity index (χ1v) is 6.83. The highest BCUT2D eigenvalue weighted by Crippen LogP contribution is 2.20. The third-order valence-corrected chi connectivity index (χ3v) is 3.75. The number of aromatic nitrogens is 2. The summed E-state index contributed by atoms with van der Waals surface area (Å²) in [5.41, 5.74) is 1.35. The number of hydrogen-bond acceptors (Lipinski definition) is 3. The second-order valence-corrected chi connectivity index (χ2v) is 5.04. The Balaban J connectivity index is 1.77.